The number of hydrogen-bond acceptors (Lipinski definition) is 5. The molecule has 1 aliphatic carbocycles. The van der Waals surface area contributed by atoms with Crippen molar-refractivity contribution in [1.82, 2.24) is 14.3 Å². The van der Waals surface area contributed by atoms with Crippen molar-refractivity contribution in [2.45, 2.75) is 18.9 Å². The monoisotopic (exact) mass is 452 g/mol. The first-order chi connectivity index (χ1) is 16.7. The van der Waals surface area contributed by atoms with E-state index in [1.54, 1.807) is 18.3 Å². The van der Waals surface area contributed by atoms with Gasteiger partial charge in [-0.15, -0.1) is 0 Å². The predicted octanol–water partition coefficient (Wildman–Crippen LogP) is 4.13. The largest absolute Gasteiger partial charge is 0.369 e. The lowest BCUT2D eigenvalue weighted by atomic mass is 10.1. The maximum Gasteiger partial charge on any atom is 0.248 e. The van der Waals surface area contributed by atoms with Crippen LogP contribution in [0.5, 0.6) is 0 Å². The van der Waals surface area contributed by atoms with E-state index in [2.05, 4.69) is 54.8 Å². The lowest BCUT2D eigenvalue weighted by Gasteiger charge is -2.36. The fourth-order valence-electron chi connectivity index (χ4n) is 4.85. The van der Waals surface area contributed by atoms with E-state index >= 15 is 0 Å². The molecule has 0 unspecified atom stereocenters. The van der Waals surface area contributed by atoms with E-state index in [1.165, 1.54) is 31.6 Å². The molecule has 7 heteroatoms. The summed E-state index contributed by atoms with van der Waals surface area (Å²) in [5.41, 5.74) is 11.9. The molecule has 3 heterocycles. The summed E-state index contributed by atoms with van der Waals surface area (Å²) in [5.74, 6) is -0.426. The standard InChI is InChI=1S/C27H28N6O/c28-26(34)20-3-1-19(2-4-20)25-12-11-24(27-29-13-14-33(25)27)30-21-5-7-22(8-6-21)31-15-17-32(18-16-31)23-9-10-23/h1-8,11-14,23,30H,9-10,15-18H2,(H2,28,34). The van der Waals surface area contributed by atoms with Crippen LogP contribution >= 0.6 is 0 Å². The van der Waals surface area contributed by atoms with E-state index in [0.29, 0.717) is 5.56 Å². The van der Waals surface area contributed by atoms with E-state index < -0.39 is 5.91 Å². The predicted molar refractivity (Wildman–Crippen MR) is 136 cm³/mol. The molecule has 2 aromatic heterocycles. The second-order valence-corrected chi connectivity index (χ2v) is 9.12. The molecular weight excluding hydrogens is 424 g/mol. The molecule has 0 radical (unpaired) electrons. The van der Waals surface area contributed by atoms with Crippen molar-refractivity contribution in [2.75, 3.05) is 36.4 Å². The number of anilines is 3. The molecule has 3 N–H and O–H groups in total. The van der Waals surface area contributed by atoms with Crippen molar-refractivity contribution in [3.63, 3.8) is 0 Å². The first-order valence-electron chi connectivity index (χ1n) is 11.9. The van der Waals surface area contributed by atoms with Crippen molar-refractivity contribution >= 4 is 28.6 Å². The van der Waals surface area contributed by atoms with Crippen LogP contribution < -0.4 is 16.0 Å². The van der Waals surface area contributed by atoms with Crippen LogP contribution in [0, 0.1) is 0 Å². The number of nitrogens with one attached hydrogen (secondary N) is 1. The number of rotatable bonds is 6. The Bertz CT molecular complexity index is 1320. The summed E-state index contributed by atoms with van der Waals surface area (Å²) < 4.78 is 2.05. The zero-order valence-corrected chi connectivity index (χ0v) is 19.0. The number of aromatic nitrogens is 2. The fraction of sp³-hybridized carbons (Fsp3) is 0.259. The molecule has 2 fully saturated rings. The molecule has 0 atom stereocenters. The average molecular weight is 453 g/mol. The van der Waals surface area contributed by atoms with Gasteiger partial charge in [0.1, 0.15) is 0 Å². The van der Waals surface area contributed by atoms with E-state index in [0.717, 1.165) is 47.4 Å². The number of carbonyl (C=O) groups excluding carboxylic acids is 1. The SMILES string of the molecule is NC(=O)c1ccc(-c2ccc(Nc3ccc(N4CCN(C5CC5)CC4)cc3)c3nccn23)cc1. The minimum absolute atomic E-state index is 0.426. The van der Waals surface area contributed by atoms with Gasteiger partial charge in [0.2, 0.25) is 5.91 Å². The number of nitrogens with zero attached hydrogens (tertiary/aromatic N) is 4. The van der Waals surface area contributed by atoms with Crippen molar-refractivity contribution in [3.8, 4) is 11.3 Å². The Morgan fingerprint density at radius 1 is 0.912 bits per heavy atom. The molecule has 1 saturated carbocycles. The molecule has 2 aliphatic rings. The summed E-state index contributed by atoms with van der Waals surface area (Å²) >= 11 is 0. The molecule has 34 heavy (non-hydrogen) atoms. The Morgan fingerprint density at radius 3 is 2.32 bits per heavy atom. The summed E-state index contributed by atoms with van der Waals surface area (Å²) in [6.07, 6.45) is 6.51. The zero-order chi connectivity index (χ0) is 23.1. The van der Waals surface area contributed by atoms with Gasteiger partial charge in [0.15, 0.2) is 5.65 Å². The van der Waals surface area contributed by atoms with Gasteiger partial charge in [-0.1, -0.05) is 12.1 Å². The zero-order valence-electron chi connectivity index (χ0n) is 19.0. The number of hydrogen-bond donors (Lipinski definition) is 2. The number of imidazole rings is 1. The molecular formula is C27H28N6O. The molecule has 0 spiro atoms. The molecule has 1 saturated heterocycles. The highest BCUT2D eigenvalue weighted by molar-refractivity contribution is 5.93. The van der Waals surface area contributed by atoms with Gasteiger partial charge in [-0.25, -0.2) is 4.98 Å². The van der Waals surface area contributed by atoms with Crippen LogP contribution in [-0.2, 0) is 0 Å². The van der Waals surface area contributed by atoms with E-state index in [4.69, 9.17) is 5.73 Å². The number of amides is 1. The maximum absolute atomic E-state index is 11.4. The highest BCUT2D eigenvalue weighted by Crippen LogP contribution is 2.30. The van der Waals surface area contributed by atoms with Crippen molar-refractivity contribution in [1.29, 1.82) is 0 Å². The minimum atomic E-state index is -0.426. The lowest BCUT2D eigenvalue weighted by Crippen LogP contribution is -2.47. The molecule has 172 valence electrons. The number of nitrogens with two attached hydrogens (primary N) is 1. The Hall–Kier alpha value is -3.84. The van der Waals surface area contributed by atoms with Crippen LogP contribution in [0.25, 0.3) is 16.9 Å². The molecule has 0 bridgehead atoms. The number of benzene rings is 2. The minimum Gasteiger partial charge on any atom is -0.369 e. The molecule has 2 aromatic carbocycles. The summed E-state index contributed by atoms with van der Waals surface area (Å²) in [4.78, 5) is 21.1. The highest BCUT2D eigenvalue weighted by atomic mass is 16.1. The Morgan fingerprint density at radius 2 is 1.65 bits per heavy atom. The van der Waals surface area contributed by atoms with Gasteiger partial charge >= 0.3 is 0 Å². The van der Waals surface area contributed by atoms with Crippen LogP contribution in [0.4, 0.5) is 17.1 Å². The van der Waals surface area contributed by atoms with Crippen LogP contribution in [0.2, 0.25) is 0 Å². The number of fused-ring (bicyclic) bond motifs is 1. The third kappa shape index (κ3) is 3.99. The number of primary amides is 1. The Kier molecular flexibility index (Phi) is 5.19. The lowest BCUT2D eigenvalue weighted by molar-refractivity contribution is 0.100. The normalized spacial score (nSPS) is 16.6. The van der Waals surface area contributed by atoms with Gasteiger partial charge in [0.25, 0.3) is 0 Å². The fourth-order valence-corrected chi connectivity index (χ4v) is 4.85. The molecule has 6 rings (SSSR count). The highest BCUT2D eigenvalue weighted by Gasteiger charge is 2.31. The number of piperazine rings is 1. The summed E-state index contributed by atoms with van der Waals surface area (Å²) in [6, 6.07) is 21.0. The maximum atomic E-state index is 11.4. The average Bonchev–Trinajstić information content (AvgIpc) is 3.61. The number of carbonyl (C=O) groups is 1. The first kappa shape index (κ1) is 20.7. The third-order valence-corrected chi connectivity index (χ3v) is 6.90. The molecule has 1 aliphatic heterocycles. The second kappa shape index (κ2) is 8.50. The molecule has 4 aromatic rings. The van der Waals surface area contributed by atoms with E-state index in [1.807, 2.05) is 24.4 Å². The van der Waals surface area contributed by atoms with Crippen LogP contribution in [0.1, 0.15) is 23.2 Å². The van der Waals surface area contributed by atoms with Gasteiger partial charge in [0, 0.05) is 61.6 Å². The summed E-state index contributed by atoms with van der Waals surface area (Å²) in [5, 5.41) is 3.52. The Balaban J connectivity index is 1.19. The Labute approximate surface area is 198 Å². The van der Waals surface area contributed by atoms with Gasteiger partial charge in [0.05, 0.1) is 11.4 Å². The van der Waals surface area contributed by atoms with Crippen LogP contribution in [0.15, 0.2) is 73.1 Å². The van der Waals surface area contributed by atoms with Gasteiger partial charge < -0.3 is 16.0 Å². The van der Waals surface area contributed by atoms with Gasteiger partial charge in [-0.3, -0.25) is 14.1 Å². The topological polar surface area (TPSA) is 78.9 Å². The van der Waals surface area contributed by atoms with Crippen molar-refractivity contribution in [3.05, 3.63) is 78.6 Å². The van der Waals surface area contributed by atoms with Crippen LogP contribution in [-0.4, -0.2) is 52.4 Å². The van der Waals surface area contributed by atoms with Crippen LogP contribution in [0.3, 0.4) is 0 Å². The first-order valence-corrected chi connectivity index (χ1v) is 11.9. The summed E-state index contributed by atoms with van der Waals surface area (Å²) in [6.45, 7) is 4.53. The second-order valence-electron chi connectivity index (χ2n) is 9.12. The van der Waals surface area contributed by atoms with Crippen molar-refractivity contribution in [2.24, 2.45) is 5.73 Å². The van der Waals surface area contributed by atoms with Crippen molar-refractivity contribution < 1.29 is 4.79 Å². The smallest absolute Gasteiger partial charge is 0.248 e. The van der Waals surface area contributed by atoms with Gasteiger partial charge in [-0.05, 0) is 66.9 Å². The van der Waals surface area contributed by atoms with Gasteiger partial charge in [-0.2, -0.15) is 0 Å². The quantitative estimate of drug-likeness (QED) is 0.460. The third-order valence-electron chi connectivity index (χ3n) is 6.90. The van der Waals surface area contributed by atoms with E-state index in [-0.39, 0.29) is 0 Å². The van der Waals surface area contributed by atoms with E-state index in [9.17, 15) is 4.79 Å². The number of pyridine rings is 1. The summed E-state index contributed by atoms with van der Waals surface area (Å²) in [7, 11) is 0. The molecule has 1 amide bonds. The molecule has 7 nitrogen and oxygen atoms in total.